The molecule has 0 saturated heterocycles. The predicted molar refractivity (Wildman–Crippen MR) is 170 cm³/mol. The van der Waals surface area contributed by atoms with E-state index in [1.54, 1.807) is 30.3 Å². The van der Waals surface area contributed by atoms with Gasteiger partial charge in [0.25, 0.3) is 10.0 Å². The van der Waals surface area contributed by atoms with Crippen molar-refractivity contribution in [1.82, 2.24) is 10.2 Å². The molecule has 0 fully saturated rings. The summed E-state index contributed by atoms with van der Waals surface area (Å²) in [6, 6.07) is 28.7. The SMILES string of the molecule is CNC(=O)[C@@H](Cc1ccccc1)N(Cc1cccc(C)c1)C(=O)CN(c1ccc(OC)c(OC)c1)S(=O)(=O)c1ccccc1. The van der Waals surface area contributed by atoms with E-state index in [0.29, 0.717) is 11.5 Å². The number of rotatable bonds is 13. The van der Waals surface area contributed by atoms with Gasteiger partial charge in [-0.05, 0) is 42.3 Å². The number of carbonyl (C=O) groups excluding carboxylic acids is 2. The molecule has 0 radical (unpaired) electrons. The highest BCUT2D eigenvalue weighted by Crippen LogP contribution is 2.34. The second-order valence-corrected chi connectivity index (χ2v) is 12.1. The number of aryl methyl sites for hydroxylation is 1. The molecule has 230 valence electrons. The highest BCUT2D eigenvalue weighted by atomic mass is 32.2. The fourth-order valence-electron chi connectivity index (χ4n) is 4.96. The van der Waals surface area contributed by atoms with Gasteiger partial charge in [-0.25, -0.2) is 8.42 Å². The Balaban J connectivity index is 1.82. The van der Waals surface area contributed by atoms with Gasteiger partial charge in [-0.3, -0.25) is 13.9 Å². The molecule has 0 saturated carbocycles. The normalized spacial score (nSPS) is 11.7. The third kappa shape index (κ3) is 7.57. The van der Waals surface area contributed by atoms with Crippen LogP contribution in [-0.4, -0.2) is 59.0 Å². The number of sulfonamides is 1. The van der Waals surface area contributed by atoms with E-state index in [9.17, 15) is 18.0 Å². The van der Waals surface area contributed by atoms with Crippen molar-refractivity contribution in [1.29, 1.82) is 0 Å². The van der Waals surface area contributed by atoms with Crippen LogP contribution in [0, 0.1) is 6.92 Å². The molecule has 0 heterocycles. The monoisotopic (exact) mass is 615 g/mol. The molecule has 0 unspecified atom stereocenters. The zero-order valence-corrected chi connectivity index (χ0v) is 26.1. The first kappa shape index (κ1) is 32.1. The zero-order valence-electron chi connectivity index (χ0n) is 25.3. The summed E-state index contributed by atoms with van der Waals surface area (Å²) in [5.41, 5.74) is 2.86. The maximum atomic E-state index is 14.4. The number of hydrogen-bond donors (Lipinski definition) is 1. The van der Waals surface area contributed by atoms with Crippen LogP contribution in [0.3, 0.4) is 0 Å². The molecule has 4 rings (SSSR count). The van der Waals surface area contributed by atoms with Gasteiger partial charge in [-0.15, -0.1) is 0 Å². The van der Waals surface area contributed by atoms with E-state index in [-0.39, 0.29) is 29.5 Å². The maximum Gasteiger partial charge on any atom is 0.264 e. The van der Waals surface area contributed by atoms with E-state index < -0.39 is 28.5 Å². The van der Waals surface area contributed by atoms with Crippen molar-refractivity contribution >= 4 is 27.5 Å². The number of nitrogens with zero attached hydrogens (tertiary/aromatic N) is 2. The second kappa shape index (κ2) is 14.6. The van der Waals surface area contributed by atoms with E-state index in [0.717, 1.165) is 21.0 Å². The maximum absolute atomic E-state index is 14.4. The van der Waals surface area contributed by atoms with Gasteiger partial charge in [0.15, 0.2) is 11.5 Å². The molecule has 1 atom stereocenters. The van der Waals surface area contributed by atoms with Crippen LogP contribution in [0.1, 0.15) is 16.7 Å². The Hall–Kier alpha value is -4.83. The first-order chi connectivity index (χ1) is 21.2. The Labute approximate surface area is 259 Å². The number of carbonyl (C=O) groups is 2. The Kier molecular flexibility index (Phi) is 10.6. The van der Waals surface area contributed by atoms with Gasteiger partial charge in [-0.2, -0.15) is 0 Å². The summed E-state index contributed by atoms with van der Waals surface area (Å²) in [5.74, 6) is -0.207. The molecule has 0 bridgehead atoms. The third-order valence-corrected chi connectivity index (χ3v) is 9.01. The Morgan fingerprint density at radius 2 is 1.43 bits per heavy atom. The quantitative estimate of drug-likeness (QED) is 0.236. The van der Waals surface area contributed by atoms with Crippen LogP contribution in [-0.2, 0) is 32.6 Å². The molecule has 0 aliphatic heterocycles. The van der Waals surface area contributed by atoms with Crippen LogP contribution in [0.5, 0.6) is 11.5 Å². The summed E-state index contributed by atoms with van der Waals surface area (Å²) in [6.07, 6.45) is 0.236. The minimum absolute atomic E-state index is 0.0138. The Morgan fingerprint density at radius 1 is 0.795 bits per heavy atom. The van der Waals surface area contributed by atoms with E-state index in [1.165, 1.54) is 44.4 Å². The van der Waals surface area contributed by atoms with Gasteiger partial charge < -0.3 is 19.7 Å². The minimum atomic E-state index is -4.23. The van der Waals surface area contributed by atoms with E-state index in [1.807, 2.05) is 61.5 Å². The van der Waals surface area contributed by atoms with Crippen LogP contribution < -0.4 is 19.1 Å². The molecule has 2 amide bonds. The molecule has 10 heteroatoms. The summed E-state index contributed by atoms with van der Waals surface area (Å²) in [7, 11) is 0.220. The molecule has 0 spiro atoms. The van der Waals surface area contributed by atoms with Crippen molar-refractivity contribution < 1.29 is 27.5 Å². The van der Waals surface area contributed by atoms with E-state index in [4.69, 9.17) is 9.47 Å². The van der Waals surface area contributed by atoms with Crippen LogP contribution in [0.4, 0.5) is 5.69 Å². The fourth-order valence-corrected chi connectivity index (χ4v) is 6.38. The topological polar surface area (TPSA) is 105 Å². The largest absolute Gasteiger partial charge is 0.493 e. The Morgan fingerprint density at radius 3 is 2.05 bits per heavy atom. The fraction of sp³-hybridized carbons (Fsp3) is 0.235. The van der Waals surface area contributed by atoms with Crippen LogP contribution in [0.2, 0.25) is 0 Å². The van der Waals surface area contributed by atoms with Gasteiger partial charge in [0, 0.05) is 26.1 Å². The van der Waals surface area contributed by atoms with Crippen molar-refractivity contribution in [2.24, 2.45) is 0 Å². The van der Waals surface area contributed by atoms with Crippen molar-refractivity contribution in [3.8, 4) is 11.5 Å². The van der Waals surface area contributed by atoms with Gasteiger partial charge >= 0.3 is 0 Å². The van der Waals surface area contributed by atoms with Crippen molar-refractivity contribution in [2.45, 2.75) is 30.8 Å². The number of amides is 2. The van der Waals surface area contributed by atoms with E-state index >= 15 is 0 Å². The van der Waals surface area contributed by atoms with Crippen LogP contribution in [0.25, 0.3) is 0 Å². The highest BCUT2D eigenvalue weighted by molar-refractivity contribution is 7.92. The molecule has 0 aromatic heterocycles. The number of methoxy groups -OCH3 is 2. The average Bonchev–Trinajstić information content (AvgIpc) is 3.05. The third-order valence-electron chi connectivity index (χ3n) is 7.22. The molecule has 4 aromatic rings. The Bertz CT molecular complexity index is 1680. The lowest BCUT2D eigenvalue weighted by molar-refractivity contribution is -0.139. The van der Waals surface area contributed by atoms with Crippen LogP contribution in [0.15, 0.2) is 108 Å². The lowest BCUT2D eigenvalue weighted by atomic mass is 10.0. The smallest absolute Gasteiger partial charge is 0.264 e. The predicted octanol–water partition coefficient (Wildman–Crippen LogP) is 4.59. The van der Waals surface area contributed by atoms with Gasteiger partial charge in [0.05, 0.1) is 24.8 Å². The average molecular weight is 616 g/mol. The summed E-state index contributed by atoms with van der Waals surface area (Å²) in [6.45, 7) is 1.47. The first-order valence-electron chi connectivity index (χ1n) is 14.1. The first-order valence-corrected chi connectivity index (χ1v) is 15.5. The number of nitrogens with one attached hydrogen (secondary N) is 1. The molecule has 1 N–H and O–H groups in total. The van der Waals surface area contributed by atoms with E-state index in [2.05, 4.69) is 5.32 Å². The standard InChI is InChI=1S/C34H37N3O6S/c1-25-12-11-15-27(20-25)23-36(30(34(39)35-2)21-26-13-7-5-8-14-26)33(38)24-37(44(40,41)29-16-9-6-10-17-29)28-18-19-31(42-3)32(22-28)43-4/h5-20,22,30H,21,23-24H2,1-4H3,(H,35,39)/t30-/m1/s1. The summed E-state index contributed by atoms with van der Waals surface area (Å²) < 4.78 is 40.0. The number of hydrogen-bond acceptors (Lipinski definition) is 6. The number of ether oxygens (including phenoxy) is 2. The van der Waals surface area contributed by atoms with Gasteiger partial charge in [-0.1, -0.05) is 78.4 Å². The van der Waals surface area contributed by atoms with Crippen molar-refractivity contribution in [2.75, 3.05) is 32.1 Å². The molecule has 9 nitrogen and oxygen atoms in total. The summed E-state index contributed by atoms with van der Waals surface area (Å²) in [5, 5.41) is 2.69. The van der Waals surface area contributed by atoms with Crippen molar-refractivity contribution in [3.63, 3.8) is 0 Å². The number of anilines is 1. The summed E-state index contributed by atoms with van der Waals surface area (Å²) >= 11 is 0. The summed E-state index contributed by atoms with van der Waals surface area (Å²) in [4.78, 5) is 29.3. The zero-order chi connectivity index (χ0) is 31.7. The molecule has 0 aliphatic rings. The molecule has 4 aromatic carbocycles. The van der Waals surface area contributed by atoms with Gasteiger partial charge in [0.2, 0.25) is 11.8 Å². The molecular formula is C34H37N3O6S. The minimum Gasteiger partial charge on any atom is -0.493 e. The van der Waals surface area contributed by atoms with Crippen molar-refractivity contribution in [3.05, 3.63) is 120 Å². The number of likely N-dealkylation sites (N-methyl/N-ethyl adjacent to an activating group) is 1. The second-order valence-electron chi connectivity index (χ2n) is 10.2. The van der Waals surface area contributed by atoms with Gasteiger partial charge in [0.1, 0.15) is 12.6 Å². The number of benzene rings is 4. The lowest BCUT2D eigenvalue weighted by Crippen LogP contribution is -2.53. The molecular weight excluding hydrogens is 578 g/mol. The molecule has 0 aliphatic carbocycles. The molecule has 44 heavy (non-hydrogen) atoms. The highest BCUT2D eigenvalue weighted by Gasteiger charge is 2.34. The van der Waals surface area contributed by atoms with Crippen LogP contribution >= 0.6 is 0 Å². The lowest BCUT2D eigenvalue weighted by Gasteiger charge is -2.33.